The van der Waals surface area contributed by atoms with Crippen LogP contribution in [0.5, 0.6) is 0 Å². The second-order valence-corrected chi connectivity index (χ2v) is 6.89. The van der Waals surface area contributed by atoms with Crippen LogP contribution in [0.1, 0.15) is 15.9 Å². The van der Waals surface area contributed by atoms with Gasteiger partial charge in [0.2, 0.25) is 0 Å². The van der Waals surface area contributed by atoms with Crippen LogP contribution in [0, 0.1) is 6.92 Å². The van der Waals surface area contributed by atoms with E-state index < -0.39 is 0 Å². The van der Waals surface area contributed by atoms with Gasteiger partial charge in [-0.2, -0.15) is 0 Å². The lowest BCUT2D eigenvalue weighted by molar-refractivity contribution is 0.102. The average molecular weight is 463 g/mol. The molecule has 0 unspecified atom stereocenters. The van der Waals surface area contributed by atoms with Gasteiger partial charge in [0.05, 0.1) is 11.3 Å². The number of rotatable bonds is 2. The van der Waals surface area contributed by atoms with Crippen LogP contribution in [0.4, 0.5) is 11.4 Å². The van der Waals surface area contributed by atoms with Crippen LogP contribution in [-0.4, -0.2) is 5.91 Å². The highest BCUT2D eigenvalue weighted by atomic mass is 79.9. The molecule has 0 bridgehead atoms. The number of benzene rings is 2. The second-order valence-electron chi connectivity index (χ2n) is 4.27. The van der Waals surface area contributed by atoms with E-state index >= 15 is 0 Å². The highest BCUT2D eigenvalue weighted by Gasteiger charge is 2.13. The highest BCUT2D eigenvalue weighted by Crippen LogP contribution is 2.29. The minimum atomic E-state index is -0.206. The minimum absolute atomic E-state index is 0.206. The first-order valence-electron chi connectivity index (χ1n) is 5.70. The molecule has 2 aromatic carbocycles. The first kappa shape index (κ1) is 15.5. The van der Waals surface area contributed by atoms with Crippen molar-refractivity contribution in [2.24, 2.45) is 0 Å². The number of amides is 1. The summed E-state index contributed by atoms with van der Waals surface area (Å²) in [6.45, 7) is 1.91. The van der Waals surface area contributed by atoms with Crippen molar-refractivity contribution in [1.29, 1.82) is 0 Å². The Kier molecular flexibility index (Phi) is 4.88. The van der Waals surface area contributed by atoms with E-state index in [1.807, 2.05) is 25.1 Å². The van der Waals surface area contributed by atoms with Crippen molar-refractivity contribution in [2.75, 3.05) is 11.1 Å². The molecule has 0 radical (unpaired) electrons. The Balaban J connectivity index is 2.32. The van der Waals surface area contributed by atoms with Crippen LogP contribution in [0.3, 0.4) is 0 Å². The number of nitrogens with two attached hydrogens (primary N) is 1. The van der Waals surface area contributed by atoms with Crippen LogP contribution < -0.4 is 11.1 Å². The maximum atomic E-state index is 12.3. The number of nitrogen functional groups attached to an aromatic ring is 1. The van der Waals surface area contributed by atoms with Crippen molar-refractivity contribution in [1.82, 2.24) is 0 Å². The summed E-state index contributed by atoms with van der Waals surface area (Å²) >= 11 is 10.2. The van der Waals surface area contributed by atoms with Crippen molar-refractivity contribution >= 4 is 65.1 Å². The largest absolute Gasteiger partial charge is 0.398 e. The van der Waals surface area contributed by atoms with Gasteiger partial charge in [-0.3, -0.25) is 4.79 Å². The summed E-state index contributed by atoms with van der Waals surface area (Å²) in [6, 6.07) is 9.05. The third-order valence-corrected chi connectivity index (χ3v) is 4.62. The fraction of sp³-hybridized carbons (Fsp3) is 0.0714. The van der Waals surface area contributed by atoms with E-state index in [4.69, 9.17) is 5.73 Å². The molecule has 3 N–H and O–H groups in total. The predicted octanol–water partition coefficient (Wildman–Crippen LogP) is 5.12. The summed E-state index contributed by atoms with van der Waals surface area (Å²) in [5.74, 6) is -0.206. The molecule has 0 aliphatic carbocycles. The van der Waals surface area contributed by atoms with Crippen molar-refractivity contribution < 1.29 is 4.79 Å². The molecule has 0 fully saturated rings. The monoisotopic (exact) mass is 460 g/mol. The highest BCUT2D eigenvalue weighted by molar-refractivity contribution is 9.11. The van der Waals surface area contributed by atoms with E-state index in [0.717, 1.165) is 19.0 Å². The second kappa shape index (κ2) is 6.28. The topological polar surface area (TPSA) is 55.1 Å². The molecular weight excluding hydrogens is 452 g/mol. The third-order valence-electron chi connectivity index (χ3n) is 2.78. The molecule has 104 valence electrons. The van der Waals surface area contributed by atoms with E-state index in [0.29, 0.717) is 16.9 Å². The van der Waals surface area contributed by atoms with Gasteiger partial charge in [0.15, 0.2) is 0 Å². The van der Waals surface area contributed by atoms with Gasteiger partial charge in [-0.1, -0.05) is 15.9 Å². The van der Waals surface area contributed by atoms with Gasteiger partial charge >= 0.3 is 0 Å². The summed E-state index contributed by atoms with van der Waals surface area (Å²) < 4.78 is 2.37. The van der Waals surface area contributed by atoms with Gasteiger partial charge in [-0.05, 0) is 74.7 Å². The standard InChI is InChI=1S/C14H11Br3N2O/c1-7-4-11(17)13(6-12(7)18)19-14(20)9-5-8(15)2-3-10(9)16/h2-6H,18H2,1H3,(H,19,20). The molecular formula is C14H11Br3N2O. The Bertz CT molecular complexity index is 686. The van der Waals surface area contributed by atoms with Crippen LogP contribution >= 0.6 is 47.8 Å². The molecule has 20 heavy (non-hydrogen) atoms. The first-order chi connectivity index (χ1) is 9.38. The van der Waals surface area contributed by atoms with Crippen molar-refractivity contribution in [3.8, 4) is 0 Å². The lowest BCUT2D eigenvalue weighted by Crippen LogP contribution is -2.13. The molecule has 1 amide bonds. The molecule has 0 aliphatic heterocycles. The molecule has 0 spiro atoms. The molecule has 0 saturated heterocycles. The summed E-state index contributed by atoms with van der Waals surface area (Å²) in [5.41, 5.74) is 8.65. The Morgan fingerprint density at radius 3 is 2.50 bits per heavy atom. The number of carbonyl (C=O) groups excluding carboxylic acids is 1. The van der Waals surface area contributed by atoms with Crippen LogP contribution in [0.15, 0.2) is 43.7 Å². The zero-order chi connectivity index (χ0) is 14.9. The lowest BCUT2D eigenvalue weighted by atomic mass is 10.1. The third kappa shape index (κ3) is 3.42. The van der Waals surface area contributed by atoms with E-state index in [-0.39, 0.29) is 5.91 Å². The number of anilines is 2. The van der Waals surface area contributed by atoms with E-state index in [9.17, 15) is 4.79 Å². The lowest BCUT2D eigenvalue weighted by Gasteiger charge is -2.11. The average Bonchev–Trinajstić information content (AvgIpc) is 2.38. The quantitative estimate of drug-likeness (QED) is 0.609. The predicted molar refractivity (Wildman–Crippen MR) is 93.1 cm³/mol. The molecule has 0 heterocycles. The number of nitrogens with one attached hydrogen (secondary N) is 1. The maximum absolute atomic E-state index is 12.3. The zero-order valence-electron chi connectivity index (χ0n) is 10.5. The SMILES string of the molecule is Cc1cc(Br)c(NC(=O)c2cc(Br)ccc2Br)cc1N. The van der Waals surface area contributed by atoms with Gasteiger partial charge < -0.3 is 11.1 Å². The van der Waals surface area contributed by atoms with E-state index in [2.05, 4.69) is 53.1 Å². The smallest absolute Gasteiger partial charge is 0.256 e. The van der Waals surface area contributed by atoms with Crippen molar-refractivity contribution in [3.05, 3.63) is 54.9 Å². The van der Waals surface area contributed by atoms with Crippen LogP contribution in [-0.2, 0) is 0 Å². The molecule has 3 nitrogen and oxygen atoms in total. The number of carbonyl (C=O) groups is 1. The molecule has 0 saturated carbocycles. The van der Waals surface area contributed by atoms with Crippen molar-refractivity contribution in [2.45, 2.75) is 6.92 Å². The number of hydrogen-bond acceptors (Lipinski definition) is 2. The van der Waals surface area contributed by atoms with Gasteiger partial charge in [-0.15, -0.1) is 0 Å². The molecule has 2 aromatic rings. The van der Waals surface area contributed by atoms with Crippen LogP contribution in [0.25, 0.3) is 0 Å². The minimum Gasteiger partial charge on any atom is -0.398 e. The summed E-state index contributed by atoms with van der Waals surface area (Å²) in [6.07, 6.45) is 0. The van der Waals surface area contributed by atoms with Gasteiger partial charge in [0.25, 0.3) is 5.91 Å². The Morgan fingerprint density at radius 1 is 1.10 bits per heavy atom. The van der Waals surface area contributed by atoms with Crippen molar-refractivity contribution in [3.63, 3.8) is 0 Å². The normalized spacial score (nSPS) is 10.4. The van der Waals surface area contributed by atoms with E-state index in [1.54, 1.807) is 12.1 Å². The zero-order valence-corrected chi connectivity index (χ0v) is 15.3. The summed E-state index contributed by atoms with van der Waals surface area (Å²) in [5, 5.41) is 2.85. The van der Waals surface area contributed by atoms with Gasteiger partial charge in [-0.25, -0.2) is 0 Å². The fourth-order valence-corrected chi connectivity index (χ4v) is 2.99. The number of halogens is 3. The van der Waals surface area contributed by atoms with Crippen LogP contribution in [0.2, 0.25) is 0 Å². The number of hydrogen-bond donors (Lipinski definition) is 2. The Labute approximate surface area is 142 Å². The molecule has 0 aromatic heterocycles. The van der Waals surface area contributed by atoms with Gasteiger partial charge in [0.1, 0.15) is 0 Å². The van der Waals surface area contributed by atoms with Gasteiger partial charge in [0, 0.05) is 19.1 Å². The summed E-state index contributed by atoms with van der Waals surface area (Å²) in [4.78, 5) is 12.3. The fourth-order valence-electron chi connectivity index (χ4n) is 1.65. The number of aryl methyl sites for hydroxylation is 1. The Hall–Kier alpha value is -0.850. The molecule has 2 rings (SSSR count). The molecule has 0 aliphatic rings. The first-order valence-corrected chi connectivity index (χ1v) is 8.08. The Morgan fingerprint density at radius 2 is 1.80 bits per heavy atom. The summed E-state index contributed by atoms with van der Waals surface area (Å²) in [7, 11) is 0. The molecule has 6 heteroatoms. The molecule has 0 atom stereocenters. The van der Waals surface area contributed by atoms with E-state index in [1.165, 1.54) is 0 Å². The maximum Gasteiger partial charge on any atom is 0.256 e.